The number of hydrogen-bond acceptors (Lipinski definition) is 1. The van der Waals surface area contributed by atoms with Crippen LogP contribution < -0.4 is 5.32 Å². The normalized spacial score (nSPS) is 21.0. The molecule has 90 valence electrons. The zero-order valence-electron chi connectivity index (χ0n) is 10.5. The molecule has 1 aromatic rings. The molecule has 17 heavy (non-hydrogen) atoms. The minimum atomic E-state index is 0.104. The van der Waals surface area contributed by atoms with E-state index in [4.69, 9.17) is 0 Å². The van der Waals surface area contributed by atoms with E-state index in [1.165, 1.54) is 30.4 Å². The van der Waals surface area contributed by atoms with Gasteiger partial charge in [0.1, 0.15) is 0 Å². The molecular weight excluding hydrogens is 210 g/mol. The summed E-state index contributed by atoms with van der Waals surface area (Å²) in [5, 5.41) is 3.04. The second-order valence-corrected chi connectivity index (χ2v) is 5.78. The Labute approximate surface area is 102 Å². The third-order valence-electron chi connectivity index (χ3n) is 4.42. The molecule has 2 nitrogen and oxygen atoms in total. The van der Waals surface area contributed by atoms with Crippen molar-refractivity contribution in [2.24, 2.45) is 0 Å². The van der Waals surface area contributed by atoms with Gasteiger partial charge in [0.05, 0.1) is 0 Å². The average Bonchev–Trinajstić information content (AvgIpc) is 2.27. The molecule has 0 aromatic heterocycles. The SMILES string of the molecule is CC(C)c1ccc2c(c1)C1(CCC1)CNC2=O. The van der Waals surface area contributed by atoms with Crippen molar-refractivity contribution in [2.45, 2.75) is 44.4 Å². The second kappa shape index (κ2) is 3.59. The number of carbonyl (C=O) groups is 1. The fraction of sp³-hybridized carbons (Fsp3) is 0.533. The Bertz CT molecular complexity index is 472. The quantitative estimate of drug-likeness (QED) is 0.788. The van der Waals surface area contributed by atoms with E-state index in [0.29, 0.717) is 5.92 Å². The largest absolute Gasteiger partial charge is 0.351 e. The van der Waals surface area contributed by atoms with E-state index in [-0.39, 0.29) is 11.3 Å². The molecule has 0 unspecified atom stereocenters. The first-order valence-corrected chi connectivity index (χ1v) is 6.55. The number of amides is 1. The molecule has 1 spiro atoms. The lowest BCUT2D eigenvalue weighted by Crippen LogP contribution is -2.50. The van der Waals surface area contributed by atoms with Gasteiger partial charge in [0.15, 0.2) is 0 Å². The molecule has 0 bridgehead atoms. The first-order valence-electron chi connectivity index (χ1n) is 6.55. The van der Waals surface area contributed by atoms with Gasteiger partial charge >= 0.3 is 0 Å². The fourth-order valence-electron chi connectivity index (χ4n) is 3.05. The summed E-state index contributed by atoms with van der Waals surface area (Å²) >= 11 is 0. The van der Waals surface area contributed by atoms with E-state index in [9.17, 15) is 4.79 Å². The second-order valence-electron chi connectivity index (χ2n) is 5.78. The van der Waals surface area contributed by atoms with Crippen LogP contribution in [0.25, 0.3) is 0 Å². The van der Waals surface area contributed by atoms with Crippen molar-refractivity contribution in [3.05, 3.63) is 34.9 Å². The number of hydrogen-bond donors (Lipinski definition) is 1. The summed E-state index contributed by atoms with van der Waals surface area (Å²) in [6, 6.07) is 6.39. The maximum Gasteiger partial charge on any atom is 0.251 e. The summed E-state index contributed by atoms with van der Waals surface area (Å²) < 4.78 is 0. The predicted molar refractivity (Wildman–Crippen MR) is 68.4 cm³/mol. The lowest BCUT2D eigenvalue weighted by molar-refractivity contribution is 0.0895. The van der Waals surface area contributed by atoms with Crippen LogP contribution in [0, 0.1) is 0 Å². The molecule has 3 rings (SSSR count). The number of carbonyl (C=O) groups excluding carboxylic acids is 1. The Hall–Kier alpha value is -1.31. The van der Waals surface area contributed by atoms with Crippen molar-refractivity contribution in [3.63, 3.8) is 0 Å². The van der Waals surface area contributed by atoms with E-state index >= 15 is 0 Å². The molecule has 0 atom stereocenters. The van der Waals surface area contributed by atoms with Crippen molar-refractivity contribution in [1.29, 1.82) is 0 Å². The van der Waals surface area contributed by atoms with Crippen LogP contribution in [0.4, 0.5) is 0 Å². The highest BCUT2D eigenvalue weighted by Crippen LogP contribution is 2.46. The zero-order chi connectivity index (χ0) is 12.0. The smallest absolute Gasteiger partial charge is 0.251 e. The average molecular weight is 229 g/mol. The van der Waals surface area contributed by atoms with Gasteiger partial charge in [-0.15, -0.1) is 0 Å². The number of benzene rings is 1. The summed E-state index contributed by atoms with van der Waals surface area (Å²) in [7, 11) is 0. The van der Waals surface area contributed by atoms with Crippen LogP contribution >= 0.6 is 0 Å². The van der Waals surface area contributed by atoms with Crippen LogP contribution in [-0.4, -0.2) is 12.5 Å². The van der Waals surface area contributed by atoms with Crippen molar-refractivity contribution >= 4 is 5.91 Å². The fourth-order valence-corrected chi connectivity index (χ4v) is 3.05. The van der Waals surface area contributed by atoms with Crippen molar-refractivity contribution < 1.29 is 4.79 Å². The molecule has 1 aromatic carbocycles. The van der Waals surface area contributed by atoms with Crippen molar-refractivity contribution in [3.8, 4) is 0 Å². The van der Waals surface area contributed by atoms with Crippen molar-refractivity contribution in [2.75, 3.05) is 6.54 Å². The Morgan fingerprint density at radius 1 is 1.29 bits per heavy atom. The summed E-state index contributed by atoms with van der Waals surface area (Å²) in [6.45, 7) is 5.25. The number of fused-ring (bicyclic) bond motifs is 2. The molecule has 1 saturated carbocycles. The summed E-state index contributed by atoms with van der Waals surface area (Å²) in [5.41, 5.74) is 3.82. The minimum Gasteiger partial charge on any atom is -0.351 e. The molecule has 0 radical (unpaired) electrons. The Morgan fingerprint density at radius 3 is 2.65 bits per heavy atom. The van der Waals surface area contributed by atoms with Gasteiger partial charge in [-0.25, -0.2) is 0 Å². The van der Waals surface area contributed by atoms with Crippen LogP contribution in [0.5, 0.6) is 0 Å². The Morgan fingerprint density at radius 2 is 2.06 bits per heavy atom. The topological polar surface area (TPSA) is 29.1 Å². The Kier molecular flexibility index (Phi) is 2.29. The molecule has 1 aliphatic heterocycles. The lowest BCUT2D eigenvalue weighted by Gasteiger charge is -2.46. The lowest BCUT2D eigenvalue weighted by atomic mass is 9.61. The molecule has 1 amide bonds. The summed E-state index contributed by atoms with van der Waals surface area (Å²) in [6.07, 6.45) is 3.74. The van der Waals surface area contributed by atoms with Gasteiger partial charge in [0.25, 0.3) is 5.91 Å². The molecule has 0 saturated heterocycles. The molecule has 1 fully saturated rings. The van der Waals surface area contributed by atoms with E-state index in [1.54, 1.807) is 0 Å². The minimum absolute atomic E-state index is 0.104. The standard InChI is InChI=1S/C15H19NO/c1-10(2)11-4-5-12-13(8-11)15(6-3-7-15)9-16-14(12)17/h4-5,8,10H,3,6-7,9H2,1-2H3,(H,16,17). The molecular formula is C15H19NO. The highest BCUT2D eigenvalue weighted by Gasteiger charge is 2.44. The van der Waals surface area contributed by atoms with Crippen LogP contribution in [-0.2, 0) is 5.41 Å². The third kappa shape index (κ3) is 1.50. The van der Waals surface area contributed by atoms with Gasteiger partial charge in [0.2, 0.25) is 0 Å². The maximum absolute atomic E-state index is 11.9. The van der Waals surface area contributed by atoms with E-state index in [2.05, 4.69) is 31.3 Å². The first-order chi connectivity index (χ1) is 8.12. The number of rotatable bonds is 1. The van der Waals surface area contributed by atoms with E-state index in [1.807, 2.05) is 6.07 Å². The van der Waals surface area contributed by atoms with Gasteiger partial charge in [-0.1, -0.05) is 32.4 Å². The van der Waals surface area contributed by atoms with E-state index < -0.39 is 0 Å². The molecule has 1 N–H and O–H groups in total. The Balaban J connectivity index is 2.13. The van der Waals surface area contributed by atoms with Gasteiger partial charge in [0, 0.05) is 17.5 Å². The molecule has 2 aliphatic rings. The number of nitrogens with one attached hydrogen (secondary N) is 1. The monoisotopic (exact) mass is 229 g/mol. The van der Waals surface area contributed by atoms with Crippen LogP contribution in [0.1, 0.15) is 60.5 Å². The van der Waals surface area contributed by atoms with Crippen LogP contribution in [0.15, 0.2) is 18.2 Å². The van der Waals surface area contributed by atoms with Gasteiger partial charge in [-0.2, -0.15) is 0 Å². The van der Waals surface area contributed by atoms with Gasteiger partial charge < -0.3 is 5.32 Å². The van der Waals surface area contributed by atoms with Gasteiger partial charge in [-0.3, -0.25) is 4.79 Å². The highest BCUT2D eigenvalue weighted by atomic mass is 16.1. The molecule has 1 heterocycles. The van der Waals surface area contributed by atoms with E-state index in [0.717, 1.165) is 12.1 Å². The molecule has 1 aliphatic carbocycles. The zero-order valence-corrected chi connectivity index (χ0v) is 10.5. The highest BCUT2D eigenvalue weighted by molar-refractivity contribution is 5.97. The predicted octanol–water partition coefficient (Wildman–Crippen LogP) is 2.98. The van der Waals surface area contributed by atoms with Crippen molar-refractivity contribution in [1.82, 2.24) is 5.32 Å². The van der Waals surface area contributed by atoms with Crippen LogP contribution in [0.2, 0.25) is 0 Å². The van der Waals surface area contributed by atoms with Gasteiger partial charge in [-0.05, 0) is 36.0 Å². The maximum atomic E-state index is 11.9. The summed E-state index contributed by atoms with van der Waals surface area (Å²) in [4.78, 5) is 11.9. The molecule has 2 heteroatoms. The third-order valence-corrected chi connectivity index (χ3v) is 4.42. The van der Waals surface area contributed by atoms with Crippen LogP contribution in [0.3, 0.4) is 0 Å². The first kappa shape index (κ1) is 10.8. The summed E-state index contributed by atoms with van der Waals surface area (Å²) in [5.74, 6) is 0.634.